The number of carbonyl (C=O) groups is 1. The minimum absolute atomic E-state index is 0.0137. The van der Waals surface area contributed by atoms with E-state index in [0.29, 0.717) is 11.6 Å². The summed E-state index contributed by atoms with van der Waals surface area (Å²) in [4.78, 5) is 11.5. The molecule has 0 aliphatic heterocycles. The van der Waals surface area contributed by atoms with E-state index in [4.69, 9.17) is 17.3 Å². The van der Waals surface area contributed by atoms with Crippen LogP contribution in [0.2, 0.25) is 0 Å². The molecule has 2 unspecified atom stereocenters. The first kappa shape index (κ1) is 14.5. The molecule has 0 aromatic heterocycles. The van der Waals surface area contributed by atoms with Crippen molar-refractivity contribution in [2.24, 2.45) is 11.7 Å². The highest BCUT2D eigenvalue weighted by Crippen LogP contribution is 2.09. The molecule has 0 radical (unpaired) electrons. The second-order valence-electron chi connectivity index (χ2n) is 4.04. The zero-order chi connectivity index (χ0) is 11.8. The second-order valence-corrected chi connectivity index (χ2v) is 4.58. The van der Waals surface area contributed by atoms with Gasteiger partial charge in [-0.1, -0.05) is 31.5 Å². The number of amides is 1. The molecule has 3 N–H and O–H groups in total. The third-order valence-electron chi connectivity index (χ3n) is 2.20. The highest BCUT2D eigenvalue weighted by atomic mass is 35.5. The van der Waals surface area contributed by atoms with E-state index in [2.05, 4.69) is 11.9 Å². The summed E-state index contributed by atoms with van der Waals surface area (Å²) in [6.45, 7) is 7.74. The molecule has 0 aliphatic rings. The van der Waals surface area contributed by atoms with E-state index >= 15 is 0 Å². The summed E-state index contributed by atoms with van der Waals surface area (Å²) in [5.41, 5.74) is 5.62. The Morgan fingerprint density at radius 3 is 2.53 bits per heavy atom. The first-order valence-corrected chi connectivity index (χ1v) is 5.67. The van der Waals surface area contributed by atoms with Crippen molar-refractivity contribution in [3.05, 3.63) is 11.6 Å². The standard InChI is InChI=1S/C11H21ClN2O/c1-8(5-4-6-10(3)13)11(15)14-7-9(2)12/h8,10H,2,4-7,13H2,1,3H3,(H,14,15). The SMILES string of the molecule is C=C(Cl)CNC(=O)C(C)CCCC(C)N. The van der Waals surface area contributed by atoms with Gasteiger partial charge in [0.05, 0.1) is 6.54 Å². The quantitative estimate of drug-likeness (QED) is 0.706. The van der Waals surface area contributed by atoms with Crippen molar-refractivity contribution < 1.29 is 4.79 Å². The molecular formula is C11H21ClN2O. The van der Waals surface area contributed by atoms with Crippen molar-refractivity contribution in [2.75, 3.05) is 6.54 Å². The van der Waals surface area contributed by atoms with Gasteiger partial charge >= 0.3 is 0 Å². The maximum Gasteiger partial charge on any atom is 0.223 e. The van der Waals surface area contributed by atoms with Gasteiger partial charge in [-0.25, -0.2) is 0 Å². The van der Waals surface area contributed by atoms with Gasteiger partial charge < -0.3 is 11.1 Å². The molecule has 0 aromatic rings. The fraction of sp³-hybridized carbons (Fsp3) is 0.727. The van der Waals surface area contributed by atoms with Crippen LogP contribution in [0, 0.1) is 5.92 Å². The van der Waals surface area contributed by atoms with Crippen LogP contribution in [0.3, 0.4) is 0 Å². The summed E-state index contributed by atoms with van der Waals surface area (Å²) in [7, 11) is 0. The van der Waals surface area contributed by atoms with Crippen LogP contribution in [-0.2, 0) is 4.79 Å². The summed E-state index contributed by atoms with van der Waals surface area (Å²) >= 11 is 5.55. The lowest BCUT2D eigenvalue weighted by Crippen LogP contribution is -2.30. The molecule has 0 fully saturated rings. The molecule has 2 atom stereocenters. The molecule has 0 saturated heterocycles. The van der Waals surface area contributed by atoms with Crippen LogP contribution in [0.5, 0.6) is 0 Å². The van der Waals surface area contributed by atoms with Gasteiger partial charge in [0.15, 0.2) is 0 Å². The normalized spacial score (nSPS) is 14.4. The van der Waals surface area contributed by atoms with Crippen molar-refractivity contribution in [2.45, 2.75) is 39.2 Å². The van der Waals surface area contributed by atoms with E-state index in [1.165, 1.54) is 0 Å². The summed E-state index contributed by atoms with van der Waals surface area (Å²) in [5.74, 6) is 0.0428. The average Bonchev–Trinajstić information content (AvgIpc) is 2.13. The monoisotopic (exact) mass is 232 g/mol. The average molecular weight is 233 g/mol. The van der Waals surface area contributed by atoms with E-state index in [9.17, 15) is 4.79 Å². The number of hydrogen-bond donors (Lipinski definition) is 2. The number of nitrogens with two attached hydrogens (primary N) is 1. The predicted octanol–water partition coefficient (Wildman–Crippen LogP) is 2.01. The number of nitrogens with one attached hydrogen (secondary N) is 1. The van der Waals surface area contributed by atoms with E-state index in [0.717, 1.165) is 19.3 Å². The van der Waals surface area contributed by atoms with Gasteiger partial charge in [0.25, 0.3) is 0 Å². The second kappa shape index (κ2) is 7.71. The minimum Gasteiger partial charge on any atom is -0.351 e. The van der Waals surface area contributed by atoms with Crippen LogP contribution in [0.25, 0.3) is 0 Å². The van der Waals surface area contributed by atoms with Crippen LogP contribution < -0.4 is 11.1 Å². The Morgan fingerprint density at radius 2 is 2.07 bits per heavy atom. The Balaban J connectivity index is 3.64. The zero-order valence-corrected chi connectivity index (χ0v) is 10.3. The van der Waals surface area contributed by atoms with Crippen LogP contribution in [0.1, 0.15) is 33.1 Å². The van der Waals surface area contributed by atoms with E-state index in [1.807, 2.05) is 13.8 Å². The fourth-order valence-electron chi connectivity index (χ4n) is 1.23. The van der Waals surface area contributed by atoms with Crippen molar-refractivity contribution in [3.8, 4) is 0 Å². The maximum absolute atomic E-state index is 11.5. The highest BCUT2D eigenvalue weighted by Gasteiger charge is 2.12. The Morgan fingerprint density at radius 1 is 1.47 bits per heavy atom. The topological polar surface area (TPSA) is 55.1 Å². The van der Waals surface area contributed by atoms with Crippen molar-refractivity contribution in [1.82, 2.24) is 5.32 Å². The molecule has 0 bridgehead atoms. The molecule has 1 amide bonds. The van der Waals surface area contributed by atoms with Crippen LogP contribution in [-0.4, -0.2) is 18.5 Å². The van der Waals surface area contributed by atoms with E-state index < -0.39 is 0 Å². The van der Waals surface area contributed by atoms with E-state index in [-0.39, 0.29) is 17.9 Å². The lowest BCUT2D eigenvalue weighted by atomic mass is 10.0. The van der Waals surface area contributed by atoms with Gasteiger partial charge in [-0.2, -0.15) is 0 Å². The highest BCUT2D eigenvalue weighted by molar-refractivity contribution is 6.29. The van der Waals surface area contributed by atoms with Gasteiger partial charge in [-0.15, -0.1) is 0 Å². The van der Waals surface area contributed by atoms with Crippen molar-refractivity contribution in [1.29, 1.82) is 0 Å². The smallest absolute Gasteiger partial charge is 0.223 e. The minimum atomic E-state index is 0.0137. The molecule has 15 heavy (non-hydrogen) atoms. The third-order valence-corrected chi connectivity index (χ3v) is 2.33. The Kier molecular flexibility index (Phi) is 7.44. The fourth-order valence-corrected chi connectivity index (χ4v) is 1.30. The number of carbonyl (C=O) groups excluding carboxylic acids is 1. The molecule has 0 heterocycles. The Bertz CT molecular complexity index is 217. The number of hydrogen-bond acceptors (Lipinski definition) is 2. The largest absolute Gasteiger partial charge is 0.351 e. The summed E-state index contributed by atoms with van der Waals surface area (Å²) in [6, 6.07) is 0.211. The Hall–Kier alpha value is -0.540. The Labute approximate surface area is 97.1 Å². The molecule has 0 rings (SSSR count). The third kappa shape index (κ3) is 8.45. The molecule has 0 saturated carbocycles. The summed E-state index contributed by atoms with van der Waals surface area (Å²) in [5, 5.41) is 3.17. The van der Waals surface area contributed by atoms with Gasteiger partial charge in [0, 0.05) is 17.0 Å². The molecule has 4 heteroatoms. The van der Waals surface area contributed by atoms with Gasteiger partial charge in [0.2, 0.25) is 5.91 Å². The molecule has 3 nitrogen and oxygen atoms in total. The lowest BCUT2D eigenvalue weighted by molar-refractivity contribution is -0.124. The van der Waals surface area contributed by atoms with Crippen molar-refractivity contribution in [3.63, 3.8) is 0 Å². The number of halogens is 1. The first-order chi connectivity index (χ1) is 6.93. The summed E-state index contributed by atoms with van der Waals surface area (Å²) in [6.07, 6.45) is 2.80. The maximum atomic E-state index is 11.5. The molecule has 0 aliphatic carbocycles. The van der Waals surface area contributed by atoms with Crippen molar-refractivity contribution >= 4 is 17.5 Å². The lowest BCUT2D eigenvalue weighted by Gasteiger charge is -2.12. The molecular weight excluding hydrogens is 212 g/mol. The van der Waals surface area contributed by atoms with Crippen LogP contribution in [0.15, 0.2) is 11.6 Å². The van der Waals surface area contributed by atoms with Gasteiger partial charge in [-0.3, -0.25) is 4.79 Å². The molecule has 0 aromatic carbocycles. The van der Waals surface area contributed by atoms with Gasteiger partial charge in [0.1, 0.15) is 0 Å². The summed E-state index contributed by atoms with van der Waals surface area (Å²) < 4.78 is 0. The van der Waals surface area contributed by atoms with Gasteiger partial charge in [-0.05, 0) is 19.8 Å². The zero-order valence-electron chi connectivity index (χ0n) is 9.55. The number of rotatable bonds is 7. The molecule has 88 valence electrons. The molecule has 0 spiro atoms. The first-order valence-electron chi connectivity index (χ1n) is 5.30. The van der Waals surface area contributed by atoms with Crippen LogP contribution >= 0.6 is 11.6 Å². The van der Waals surface area contributed by atoms with E-state index in [1.54, 1.807) is 0 Å². The predicted molar refractivity (Wildman–Crippen MR) is 64.7 cm³/mol. The van der Waals surface area contributed by atoms with Crippen LogP contribution in [0.4, 0.5) is 0 Å².